The summed E-state index contributed by atoms with van der Waals surface area (Å²) in [5.74, 6) is 0.539. The maximum Gasteiger partial charge on any atom is 0.0351 e. The van der Waals surface area contributed by atoms with Gasteiger partial charge in [-0.3, -0.25) is 4.90 Å². The number of rotatable bonds is 1. The highest BCUT2D eigenvalue weighted by Gasteiger charge is 2.33. The first kappa shape index (κ1) is 15.8. The number of benzene rings is 2. The summed E-state index contributed by atoms with van der Waals surface area (Å²) in [5.41, 5.74) is 4.61. The van der Waals surface area contributed by atoms with Crippen molar-refractivity contribution in [2.45, 2.75) is 37.6 Å². The lowest BCUT2D eigenvalue weighted by atomic mass is 9.80. The van der Waals surface area contributed by atoms with Gasteiger partial charge in [0.1, 0.15) is 0 Å². The van der Waals surface area contributed by atoms with E-state index in [1.807, 2.05) is 0 Å². The largest absolute Gasteiger partial charge is 0.295 e. The zero-order chi connectivity index (χ0) is 14.1. The van der Waals surface area contributed by atoms with Crippen LogP contribution in [0.25, 0.3) is 0 Å². The Morgan fingerprint density at radius 3 is 2.32 bits per heavy atom. The molecule has 0 amide bonds. The predicted octanol–water partition coefficient (Wildman–Crippen LogP) is 5.33. The molecule has 2 atom stereocenters. The molecule has 116 valence electrons. The Kier molecular flexibility index (Phi) is 5.00. The molecular weight excluding hydrogens is 334 g/mol. The number of hydrogen-bond donors (Lipinski definition) is 0. The normalized spacial score (nSPS) is 24.5. The van der Waals surface area contributed by atoms with Crippen molar-refractivity contribution in [1.29, 1.82) is 0 Å². The molecule has 2 heterocycles. The Balaban J connectivity index is 0.00000144. The molecule has 22 heavy (non-hydrogen) atoms. The summed E-state index contributed by atoms with van der Waals surface area (Å²) in [6.07, 6.45) is 5.47. The van der Waals surface area contributed by atoms with E-state index >= 15 is 0 Å². The van der Waals surface area contributed by atoms with E-state index in [2.05, 4.69) is 59.5 Å². The standard InChI is InChI=1S/C20H23N.BrH/c1-3-9-16(10-4-1)19-15-21-14-8-2-5-13-20(21)18-12-7-6-11-17(18)19;/h1,3-4,6-7,9-12,19-20H,2,5,8,13-15H2;1H/t19-,20-;/m0./s1. The first-order valence-electron chi connectivity index (χ1n) is 8.31. The van der Waals surface area contributed by atoms with Gasteiger partial charge in [0.05, 0.1) is 0 Å². The molecule has 0 saturated carbocycles. The van der Waals surface area contributed by atoms with Crippen LogP contribution in [0.3, 0.4) is 0 Å². The van der Waals surface area contributed by atoms with Gasteiger partial charge in [0.25, 0.3) is 0 Å². The first-order chi connectivity index (χ1) is 10.4. The molecule has 0 bridgehead atoms. The van der Waals surface area contributed by atoms with Crippen molar-refractivity contribution in [3.63, 3.8) is 0 Å². The summed E-state index contributed by atoms with van der Waals surface area (Å²) in [6.45, 7) is 2.45. The maximum atomic E-state index is 2.74. The molecule has 0 spiro atoms. The quantitative estimate of drug-likeness (QED) is 0.666. The first-order valence-corrected chi connectivity index (χ1v) is 8.31. The monoisotopic (exact) mass is 357 g/mol. The number of hydrogen-bond acceptors (Lipinski definition) is 1. The second-order valence-electron chi connectivity index (χ2n) is 6.45. The lowest BCUT2D eigenvalue weighted by Gasteiger charge is -2.40. The fourth-order valence-electron chi connectivity index (χ4n) is 4.17. The highest BCUT2D eigenvalue weighted by atomic mass is 79.9. The van der Waals surface area contributed by atoms with Gasteiger partial charge in [-0.25, -0.2) is 0 Å². The third-order valence-corrected chi connectivity index (χ3v) is 5.21. The minimum absolute atomic E-state index is 0. The van der Waals surface area contributed by atoms with E-state index in [0.29, 0.717) is 12.0 Å². The van der Waals surface area contributed by atoms with Crippen molar-refractivity contribution in [1.82, 2.24) is 4.90 Å². The SMILES string of the molecule is Br.c1ccc([C@@H]2CN3CCCCC[C@H]3c3ccccc32)cc1. The van der Waals surface area contributed by atoms with Crippen LogP contribution in [-0.4, -0.2) is 18.0 Å². The Bertz CT molecular complexity index is 610. The smallest absolute Gasteiger partial charge is 0.0351 e. The average molecular weight is 358 g/mol. The summed E-state index contributed by atoms with van der Waals surface area (Å²) in [6, 6.07) is 20.9. The second-order valence-corrected chi connectivity index (χ2v) is 6.45. The van der Waals surface area contributed by atoms with Crippen molar-refractivity contribution < 1.29 is 0 Å². The third-order valence-electron chi connectivity index (χ3n) is 5.21. The van der Waals surface area contributed by atoms with Gasteiger partial charge in [-0.15, -0.1) is 17.0 Å². The number of fused-ring (bicyclic) bond motifs is 3. The van der Waals surface area contributed by atoms with Crippen LogP contribution in [0.15, 0.2) is 54.6 Å². The van der Waals surface area contributed by atoms with E-state index < -0.39 is 0 Å². The van der Waals surface area contributed by atoms with Crippen molar-refractivity contribution in [2.24, 2.45) is 0 Å². The van der Waals surface area contributed by atoms with Gasteiger partial charge in [-0.2, -0.15) is 0 Å². The number of nitrogens with zero attached hydrogens (tertiary/aromatic N) is 1. The average Bonchev–Trinajstić information content (AvgIpc) is 2.80. The van der Waals surface area contributed by atoms with E-state index in [0.717, 1.165) is 0 Å². The molecule has 0 unspecified atom stereocenters. The van der Waals surface area contributed by atoms with E-state index in [1.165, 1.54) is 44.3 Å². The van der Waals surface area contributed by atoms with E-state index in [-0.39, 0.29) is 17.0 Å². The van der Waals surface area contributed by atoms with Gasteiger partial charge in [0, 0.05) is 18.5 Å². The summed E-state index contributed by atoms with van der Waals surface area (Å²) >= 11 is 0. The van der Waals surface area contributed by atoms with Gasteiger partial charge in [-0.1, -0.05) is 67.4 Å². The van der Waals surface area contributed by atoms with E-state index in [4.69, 9.17) is 0 Å². The molecule has 2 aliphatic rings. The lowest BCUT2D eigenvalue weighted by molar-refractivity contribution is 0.178. The highest BCUT2D eigenvalue weighted by molar-refractivity contribution is 8.93. The van der Waals surface area contributed by atoms with Crippen LogP contribution in [0.5, 0.6) is 0 Å². The highest BCUT2D eigenvalue weighted by Crippen LogP contribution is 2.42. The molecule has 0 radical (unpaired) electrons. The van der Waals surface area contributed by atoms with Gasteiger partial charge >= 0.3 is 0 Å². The van der Waals surface area contributed by atoms with Crippen LogP contribution in [0, 0.1) is 0 Å². The minimum Gasteiger partial charge on any atom is -0.295 e. The van der Waals surface area contributed by atoms with Crippen LogP contribution in [-0.2, 0) is 0 Å². The van der Waals surface area contributed by atoms with Crippen LogP contribution in [0.4, 0.5) is 0 Å². The van der Waals surface area contributed by atoms with Gasteiger partial charge in [0.2, 0.25) is 0 Å². The fourth-order valence-corrected chi connectivity index (χ4v) is 4.17. The third kappa shape index (κ3) is 2.87. The Morgan fingerprint density at radius 2 is 1.50 bits per heavy atom. The molecule has 0 aliphatic carbocycles. The Hall–Kier alpha value is -1.12. The van der Waals surface area contributed by atoms with Crippen molar-refractivity contribution in [2.75, 3.05) is 13.1 Å². The van der Waals surface area contributed by atoms with Gasteiger partial charge in [-0.05, 0) is 36.1 Å². The molecule has 1 nitrogen and oxygen atoms in total. The van der Waals surface area contributed by atoms with Crippen molar-refractivity contribution >= 4 is 17.0 Å². The molecule has 2 aromatic carbocycles. The zero-order valence-corrected chi connectivity index (χ0v) is 14.7. The van der Waals surface area contributed by atoms with Crippen LogP contribution < -0.4 is 0 Å². The molecule has 2 aliphatic heterocycles. The number of halogens is 1. The van der Waals surface area contributed by atoms with Crippen LogP contribution in [0.2, 0.25) is 0 Å². The van der Waals surface area contributed by atoms with E-state index in [9.17, 15) is 0 Å². The summed E-state index contributed by atoms with van der Waals surface area (Å²) in [4.78, 5) is 2.74. The second kappa shape index (κ2) is 6.97. The van der Waals surface area contributed by atoms with Crippen molar-refractivity contribution in [3.8, 4) is 0 Å². The van der Waals surface area contributed by atoms with E-state index in [1.54, 1.807) is 11.1 Å². The van der Waals surface area contributed by atoms with Gasteiger partial charge < -0.3 is 0 Å². The molecular formula is C20H24BrN. The van der Waals surface area contributed by atoms with Gasteiger partial charge in [0.15, 0.2) is 0 Å². The van der Waals surface area contributed by atoms with Crippen LogP contribution in [0.1, 0.15) is 54.3 Å². The molecule has 2 heteroatoms. The maximum absolute atomic E-state index is 2.74. The molecule has 4 rings (SSSR count). The Morgan fingerprint density at radius 1 is 0.773 bits per heavy atom. The predicted molar refractivity (Wildman–Crippen MR) is 97.8 cm³/mol. The molecule has 0 N–H and O–H groups in total. The molecule has 2 aromatic rings. The lowest BCUT2D eigenvalue weighted by Crippen LogP contribution is -2.38. The molecule has 0 aromatic heterocycles. The van der Waals surface area contributed by atoms with Crippen molar-refractivity contribution in [3.05, 3.63) is 71.3 Å². The molecule has 1 saturated heterocycles. The summed E-state index contributed by atoms with van der Waals surface area (Å²) < 4.78 is 0. The summed E-state index contributed by atoms with van der Waals surface area (Å²) in [7, 11) is 0. The van der Waals surface area contributed by atoms with Crippen LogP contribution >= 0.6 is 17.0 Å². The molecule has 1 fully saturated rings. The fraction of sp³-hybridized carbons (Fsp3) is 0.400. The Labute approximate surface area is 144 Å². The summed E-state index contributed by atoms with van der Waals surface area (Å²) in [5, 5.41) is 0. The topological polar surface area (TPSA) is 3.24 Å². The zero-order valence-electron chi connectivity index (χ0n) is 12.9. The minimum atomic E-state index is 0.